The summed E-state index contributed by atoms with van der Waals surface area (Å²) in [6.45, 7) is 0.723. The fourth-order valence-electron chi connectivity index (χ4n) is 0.950. The zero-order valence-electron chi connectivity index (χ0n) is 7.98. The minimum Gasteiger partial charge on any atom is -1.00 e. The molecule has 10 heavy (non-hydrogen) atoms. The molecule has 4 heteroatoms. The van der Waals surface area contributed by atoms with Gasteiger partial charge < -0.3 is 2.85 Å². The molecule has 0 radical (unpaired) electrons. The second kappa shape index (κ2) is 5.21. The van der Waals surface area contributed by atoms with E-state index in [1.807, 2.05) is 0 Å². The van der Waals surface area contributed by atoms with Crippen LogP contribution < -0.4 is 0 Å². The van der Waals surface area contributed by atoms with Crippen LogP contribution in [0.15, 0.2) is 0 Å². The maximum Gasteiger partial charge on any atom is 2.00 e. The Morgan fingerprint density at radius 3 is 2.80 bits per heavy atom. The molecule has 2 nitrogen and oxygen atoms in total. The maximum absolute atomic E-state index is 10.8. The molecule has 56 valence electrons. The Balaban J connectivity index is -0.000000270. The number of hydrogen-bond donors (Lipinski definition) is 0. The molecule has 1 rings (SSSR count). The Hall–Kier alpha value is 0.526. The fourth-order valence-corrected chi connectivity index (χ4v) is 1.15. The van der Waals surface area contributed by atoms with Gasteiger partial charge in [0.25, 0.3) is 0 Å². The molecule has 0 N–H and O–H groups in total. The average molecular weight is 174 g/mol. The van der Waals surface area contributed by atoms with Gasteiger partial charge in [-0.25, -0.2) is 0 Å². The molecule has 0 aliphatic carbocycles. The van der Waals surface area contributed by atoms with Gasteiger partial charge in [0.2, 0.25) is 5.91 Å². The fraction of sp³-hybridized carbons (Fsp3) is 0.833. The van der Waals surface area contributed by atoms with E-state index < -0.39 is 0 Å². The first kappa shape index (κ1) is 10.5. The van der Waals surface area contributed by atoms with E-state index in [0.29, 0.717) is 6.42 Å². The summed E-state index contributed by atoms with van der Waals surface area (Å²) in [7, 11) is 0. The van der Waals surface area contributed by atoms with E-state index in [-0.39, 0.29) is 31.8 Å². The van der Waals surface area contributed by atoms with Crippen molar-refractivity contribution in [3.8, 4) is 0 Å². The minimum atomic E-state index is 0. The Bertz CT molecular complexity index is 128. The van der Waals surface area contributed by atoms with Crippen molar-refractivity contribution >= 4 is 40.7 Å². The Labute approximate surface area is 85.1 Å². The van der Waals surface area contributed by atoms with Crippen molar-refractivity contribution in [1.29, 1.82) is 0 Å². The predicted octanol–water partition coefficient (Wildman–Crippen LogP) is 1.39. The number of carbonyl (C=O) groups excluding carboxylic acids is 1. The van der Waals surface area contributed by atoms with E-state index in [2.05, 4.69) is 0 Å². The molecular weight excluding hydrogens is 162 g/mol. The first-order chi connectivity index (χ1) is 4.30. The van der Waals surface area contributed by atoms with Gasteiger partial charge in [0.15, 0.2) is 0 Å². The van der Waals surface area contributed by atoms with E-state index >= 15 is 0 Å². The van der Waals surface area contributed by atoms with Crippen LogP contribution in [0.25, 0.3) is 0 Å². The molecule has 0 spiro atoms. The maximum atomic E-state index is 10.8. The molecule has 0 aromatic rings. The molecule has 1 heterocycles. The van der Waals surface area contributed by atoms with Crippen LogP contribution in [0.2, 0.25) is 0 Å². The molecule has 0 aromatic carbocycles. The smallest absolute Gasteiger partial charge is 1.00 e. The standard InChI is InChI=1S/C6H10ClNO.Mg.2H/c7-8-5-3-1-2-4-6(8)9;;;/h1-5H2;;;/q;+2;2*-1. The average Bonchev–Trinajstić information content (AvgIpc) is 1.99. The van der Waals surface area contributed by atoms with Gasteiger partial charge in [-0.15, -0.1) is 0 Å². The Morgan fingerprint density at radius 1 is 1.40 bits per heavy atom. The van der Waals surface area contributed by atoms with Gasteiger partial charge in [-0.3, -0.25) is 9.21 Å². The number of nitrogens with zero attached hydrogens (tertiary/aromatic N) is 1. The van der Waals surface area contributed by atoms with Crippen LogP contribution in [0.1, 0.15) is 28.5 Å². The van der Waals surface area contributed by atoms with Crippen LogP contribution in [-0.2, 0) is 4.79 Å². The molecule has 1 amide bonds. The third kappa shape index (κ3) is 3.08. The topological polar surface area (TPSA) is 20.3 Å². The quantitative estimate of drug-likeness (QED) is 0.401. The third-order valence-electron chi connectivity index (χ3n) is 1.52. The predicted molar refractivity (Wildman–Crippen MR) is 44.0 cm³/mol. The second-order valence-electron chi connectivity index (χ2n) is 2.29. The first-order valence-electron chi connectivity index (χ1n) is 3.27. The molecule has 0 aromatic heterocycles. The van der Waals surface area contributed by atoms with Crippen LogP contribution in [0.4, 0.5) is 0 Å². The van der Waals surface area contributed by atoms with Gasteiger partial charge >= 0.3 is 23.1 Å². The van der Waals surface area contributed by atoms with Gasteiger partial charge in [0, 0.05) is 24.7 Å². The van der Waals surface area contributed by atoms with Crippen molar-refractivity contribution in [2.45, 2.75) is 25.7 Å². The Morgan fingerprint density at radius 2 is 2.10 bits per heavy atom. The molecule has 1 fully saturated rings. The van der Waals surface area contributed by atoms with Crippen LogP contribution in [0, 0.1) is 0 Å². The van der Waals surface area contributed by atoms with Crippen molar-refractivity contribution in [3.63, 3.8) is 0 Å². The molecule has 1 aliphatic rings. The van der Waals surface area contributed by atoms with E-state index in [9.17, 15) is 4.79 Å². The molecule has 0 saturated carbocycles. The van der Waals surface area contributed by atoms with Gasteiger partial charge in [0.05, 0.1) is 0 Å². The van der Waals surface area contributed by atoms with Crippen molar-refractivity contribution < 1.29 is 7.65 Å². The number of hydrogen-bond acceptors (Lipinski definition) is 1. The van der Waals surface area contributed by atoms with Crippen molar-refractivity contribution in [1.82, 2.24) is 4.42 Å². The largest absolute Gasteiger partial charge is 2.00 e. The van der Waals surface area contributed by atoms with Crippen LogP contribution in [0.5, 0.6) is 0 Å². The molecule has 1 saturated heterocycles. The molecule has 1 aliphatic heterocycles. The number of rotatable bonds is 0. The summed E-state index contributed by atoms with van der Waals surface area (Å²) >= 11 is 5.56. The van der Waals surface area contributed by atoms with Gasteiger partial charge in [-0.05, 0) is 12.8 Å². The van der Waals surface area contributed by atoms with E-state index in [4.69, 9.17) is 11.8 Å². The first-order valence-corrected chi connectivity index (χ1v) is 3.60. The normalized spacial score (nSPS) is 19.7. The van der Waals surface area contributed by atoms with Crippen molar-refractivity contribution in [2.75, 3.05) is 6.54 Å². The van der Waals surface area contributed by atoms with E-state index in [1.54, 1.807) is 0 Å². The van der Waals surface area contributed by atoms with Crippen LogP contribution in [-0.4, -0.2) is 39.9 Å². The van der Waals surface area contributed by atoms with Crippen molar-refractivity contribution in [2.24, 2.45) is 0 Å². The third-order valence-corrected chi connectivity index (χ3v) is 1.87. The van der Waals surface area contributed by atoms with Gasteiger partial charge in [-0.1, -0.05) is 6.42 Å². The summed E-state index contributed by atoms with van der Waals surface area (Å²) in [4.78, 5) is 10.8. The number of halogens is 1. The number of amides is 1. The SMILES string of the molecule is O=C1CCCCCN1Cl.[H-].[H-].[Mg+2]. The van der Waals surface area contributed by atoms with Crippen LogP contribution in [0.3, 0.4) is 0 Å². The van der Waals surface area contributed by atoms with E-state index in [1.165, 1.54) is 4.42 Å². The zero-order chi connectivity index (χ0) is 6.69. The molecule has 0 atom stereocenters. The molecule has 0 bridgehead atoms. The van der Waals surface area contributed by atoms with E-state index in [0.717, 1.165) is 25.8 Å². The summed E-state index contributed by atoms with van der Waals surface area (Å²) in [5.74, 6) is 0.0779. The molecular formula is C6H12ClMgNO. The van der Waals surface area contributed by atoms with Crippen LogP contribution >= 0.6 is 11.8 Å². The monoisotopic (exact) mass is 173 g/mol. The summed E-state index contributed by atoms with van der Waals surface area (Å²) in [5.41, 5.74) is 0. The zero-order valence-corrected chi connectivity index (χ0v) is 8.15. The summed E-state index contributed by atoms with van der Waals surface area (Å²) in [6, 6.07) is 0. The summed E-state index contributed by atoms with van der Waals surface area (Å²) < 4.78 is 1.30. The van der Waals surface area contributed by atoms with Gasteiger partial charge in [-0.2, -0.15) is 0 Å². The summed E-state index contributed by atoms with van der Waals surface area (Å²) in [5, 5.41) is 0. The minimum absolute atomic E-state index is 0. The number of carbonyl (C=O) groups is 1. The van der Waals surface area contributed by atoms with Gasteiger partial charge in [0.1, 0.15) is 0 Å². The Kier molecular flexibility index (Phi) is 5.49. The summed E-state index contributed by atoms with van der Waals surface area (Å²) in [6.07, 6.45) is 3.82. The second-order valence-corrected chi connectivity index (χ2v) is 2.70. The molecule has 0 unspecified atom stereocenters. The van der Waals surface area contributed by atoms with Crippen molar-refractivity contribution in [3.05, 3.63) is 0 Å².